The Morgan fingerprint density at radius 2 is 1.71 bits per heavy atom. The average Bonchev–Trinajstić information content (AvgIpc) is 2.20. The van der Waals surface area contributed by atoms with Gasteiger partial charge in [-0.1, -0.05) is 50.0 Å². The summed E-state index contributed by atoms with van der Waals surface area (Å²) < 4.78 is 0. The Morgan fingerprint density at radius 3 is 2.24 bits per heavy atom. The van der Waals surface area contributed by atoms with Crippen LogP contribution in [0.3, 0.4) is 0 Å². The summed E-state index contributed by atoms with van der Waals surface area (Å²) in [7, 11) is 0. The molecule has 3 heteroatoms. The van der Waals surface area contributed by atoms with E-state index in [4.69, 9.17) is 23.2 Å². The van der Waals surface area contributed by atoms with Gasteiger partial charge in [-0.25, -0.2) is 0 Å². The number of hydrogen-bond acceptors (Lipinski definition) is 1. The van der Waals surface area contributed by atoms with Gasteiger partial charge in [0.2, 0.25) is 0 Å². The Kier molecular flexibility index (Phi) is 5.78. The van der Waals surface area contributed by atoms with Crippen molar-refractivity contribution < 1.29 is 5.11 Å². The van der Waals surface area contributed by atoms with Crippen molar-refractivity contribution in [3.8, 4) is 0 Å². The number of aliphatic hydroxyl groups excluding tert-OH is 1. The molecule has 0 spiro atoms. The maximum Gasteiger partial charge on any atom is 0.0793 e. The lowest BCUT2D eigenvalue weighted by molar-refractivity contribution is 0.142. The number of benzene rings is 1. The number of hydrogen-bond donors (Lipinski definition) is 1. The molecule has 96 valence electrons. The normalized spacial score (nSPS) is 15.0. The van der Waals surface area contributed by atoms with E-state index in [1.165, 1.54) is 0 Å². The zero-order valence-electron chi connectivity index (χ0n) is 10.6. The summed E-state index contributed by atoms with van der Waals surface area (Å²) in [4.78, 5) is 0. The highest BCUT2D eigenvalue weighted by Crippen LogP contribution is 2.29. The van der Waals surface area contributed by atoms with Crippen LogP contribution in [0.15, 0.2) is 18.2 Å². The third-order valence-corrected chi connectivity index (χ3v) is 3.57. The van der Waals surface area contributed by atoms with Crippen molar-refractivity contribution in [3.63, 3.8) is 0 Å². The van der Waals surface area contributed by atoms with E-state index in [1.807, 2.05) is 6.07 Å². The monoisotopic (exact) mass is 274 g/mol. The molecule has 0 saturated heterocycles. The fourth-order valence-corrected chi connectivity index (χ4v) is 2.44. The first-order valence-electron chi connectivity index (χ1n) is 6.03. The van der Waals surface area contributed by atoms with Crippen molar-refractivity contribution in [2.75, 3.05) is 0 Å². The molecule has 0 fully saturated rings. The van der Waals surface area contributed by atoms with Gasteiger partial charge in [-0.15, -0.1) is 0 Å². The second-order valence-corrected chi connectivity index (χ2v) is 5.97. The molecule has 0 aromatic heterocycles. The molecule has 0 aliphatic heterocycles. The van der Waals surface area contributed by atoms with Crippen LogP contribution in [0, 0.1) is 11.8 Å². The van der Waals surface area contributed by atoms with E-state index in [1.54, 1.807) is 12.1 Å². The summed E-state index contributed by atoms with van der Waals surface area (Å²) in [5.41, 5.74) is 0.843. The zero-order valence-corrected chi connectivity index (χ0v) is 12.1. The highest BCUT2D eigenvalue weighted by Gasteiger charge is 2.14. The predicted octanol–water partition coefficient (Wildman–Crippen LogP) is 5.10. The van der Waals surface area contributed by atoms with Crippen LogP contribution >= 0.6 is 23.2 Å². The Morgan fingerprint density at radius 1 is 1.06 bits per heavy atom. The van der Waals surface area contributed by atoms with Crippen LogP contribution in [0.5, 0.6) is 0 Å². The van der Waals surface area contributed by atoms with Gasteiger partial charge in [-0.05, 0) is 42.4 Å². The second kappa shape index (κ2) is 6.63. The van der Waals surface area contributed by atoms with Crippen molar-refractivity contribution >= 4 is 23.2 Å². The Bertz CT molecular complexity index is 363. The van der Waals surface area contributed by atoms with Gasteiger partial charge in [0.05, 0.1) is 16.1 Å². The van der Waals surface area contributed by atoms with E-state index in [0.29, 0.717) is 21.9 Å². The number of rotatable bonds is 5. The largest absolute Gasteiger partial charge is 0.388 e. The third kappa shape index (κ3) is 4.87. The molecule has 1 rings (SSSR count). The van der Waals surface area contributed by atoms with Crippen molar-refractivity contribution in [2.24, 2.45) is 11.8 Å². The molecule has 0 saturated carbocycles. The van der Waals surface area contributed by atoms with Gasteiger partial charge < -0.3 is 5.11 Å². The van der Waals surface area contributed by atoms with Crippen LogP contribution in [-0.4, -0.2) is 5.11 Å². The maximum atomic E-state index is 10.1. The summed E-state index contributed by atoms with van der Waals surface area (Å²) in [5, 5.41) is 11.1. The lowest BCUT2D eigenvalue weighted by atomic mass is 9.91. The molecule has 2 atom stereocenters. The van der Waals surface area contributed by atoms with E-state index in [2.05, 4.69) is 20.8 Å². The smallest absolute Gasteiger partial charge is 0.0793 e. The van der Waals surface area contributed by atoms with Crippen LogP contribution in [0.4, 0.5) is 0 Å². The molecule has 1 aromatic carbocycles. The van der Waals surface area contributed by atoms with Crippen molar-refractivity contribution in [1.29, 1.82) is 0 Å². The molecule has 0 radical (unpaired) electrons. The Labute approximate surface area is 114 Å². The minimum atomic E-state index is -0.460. The quantitative estimate of drug-likeness (QED) is 0.792. The van der Waals surface area contributed by atoms with Gasteiger partial charge in [0, 0.05) is 0 Å². The first kappa shape index (κ1) is 14.8. The maximum absolute atomic E-state index is 10.1. The SMILES string of the molecule is CC(C)CC(C)CC(O)c1ccc(Cl)c(Cl)c1. The van der Waals surface area contributed by atoms with Gasteiger partial charge >= 0.3 is 0 Å². The first-order chi connectivity index (χ1) is 7.90. The molecule has 0 amide bonds. The molecule has 1 N–H and O–H groups in total. The molecule has 1 aromatic rings. The van der Waals surface area contributed by atoms with E-state index in [9.17, 15) is 5.11 Å². The van der Waals surface area contributed by atoms with Gasteiger partial charge in [0.15, 0.2) is 0 Å². The summed E-state index contributed by atoms with van der Waals surface area (Å²) in [5.74, 6) is 1.16. The predicted molar refractivity (Wildman–Crippen MR) is 74.7 cm³/mol. The van der Waals surface area contributed by atoms with E-state index in [0.717, 1.165) is 18.4 Å². The molecule has 1 nitrogen and oxygen atoms in total. The van der Waals surface area contributed by atoms with Crippen molar-refractivity contribution in [2.45, 2.75) is 39.7 Å². The summed E-state index contributed by atoms with van der Waals surface area (Å²) in [6.45, 7) is 6.56. The van der Waals surface area contributed by atoms with E-state index >= 15 is 0 Å². The summed E-state index contributed by atoms with van der Waals surface area (Å²) in [6.07, 6.45) is 1.42. The number of halogens is 2. The fourth-order valence-electron chi connectivity index (χ4n) is 2.14. The highest BCUT2D eigenvalue weighted by molar-refractivity contribution is 6.42. The van der Waals surface area contributed by atoms with Crippen LogP contribution in [-0.2, 0) is 0 Å². The Hall–Kier alpha value is -0.240. The second-order valence-electron chi connectivity index (χ2n) is 5.16. The van der Waals surface area contributed by atoms with Crippen LogP contribution in [0.2, 0.25) is 10.0 Å². The topological polar surface area (TPSA) is 20.2 Å². The average molecular weight is 275 g/mol. The minimum absolute atomic E-state index is 0.460. The number of aliphatic hydroxyl groups is 1. The first-order valence-corrected chi connectivity index (χ1v) is 6.78. The van der Waals surface area contributed by atoms with Crippen molar-refractivity contribution in [1.82, 2.24) is 0 Å². The van der Waals surface area contributed by atoms with Gasteiger partial charge in [-0.2, -0.15) is 0 Å². The molecule has 17 heavy (non-hydrogen) atoms. The van der Waals surface area contributed by atoms with E-state index < -0.39 is 6.10 Å². The lowest BCUT2D eigenvalue weighted by Gasteiger charge is -2.18. The van der Waals surface area contributed by atoms with Crippen LogP contribution in [0.25, 0.3) is 0 Å². The molecule has 2 unspecified atom stereocenters. The fraction of sp³-hybridized carbons (Fsp3) is 0.571. The summed E-state index contributed by atoms with van der Waals surface area (Å²) >= 11 is 11.8. The molecule has 0 bridgehead atoms. The van der Waals surface area contributed by atoms with Crippen molar-refractivity contribution in [3.05, 3.63) is 33.8 Å². The molecular formula is C14H20Cl2O. The standard InChI is InChI=1S/C14H20Cl2O/c1-9(2)6-10(3)7-14(17)11-4-5-12(15)13(16)8-11/h4-5,8-10,14,17H,6-7H2,1-3H3. The van der Waals surface area contributed by atoms with Crippen LogP contribution in [0.1, 0.15) is 45.3 Å². The molecule has 0 aliphatic rings. The summed E-state index contributed by atoms with van der Waals surface area (Å²) in [6, 6.07) is 5.31. The third-order valence-electron chi connectivity index (χ3n) is 2.83. The van der Waals surface area contributed by atoms with Gasteiger partial charge in [-0.3, -0.25) is 0 Å². The highest BCUT2D eigenvalue weighted by atomic mass is 35.5. The Balaban J connectivity index is 2.63. The lowest BCUT2D eigenvalue weighted by Crippen LogP contribution is -2.07. The van der Waals surface area contributed by atoms with E-state index in [-0.39, 0.29) is 0 Å². The van der Waals surface area contributed by atoms with Crippen LogP contribution < -0.4 is 0 Å². The zero-order chi connectivity index (χ0) is 13.0. The minimum Gasteiger partial charge on any atom is -0.388 e. The van der Waals surface area contributed by atoms with Gasteiger partial charge in [0.25, 0.3) is 0 Å². The van der Waals surface area contributed by atoms with Gasteiger partial charge in [0.1, 0.15) is 0 Å². The molecule has 0 aliphatic carbocycles. The molecular weight excluding hydrogens is 255 g/mol. The molecule has 0 heterocycles.